The molecule has 27 heavy (non-hydrogen) atoms. The minimum atomic E-state index is -0.211. The van der Waals surface area contributed by atoms with Crippen LogP contribution in [0.5, 0.6) is 0 Å². The number of carbonyl (C=O) groups is 1. The lowest BCUT2D eigenvalue weighted by Crippen LogP contribution is -2.21. The van der Waals surface area contributed by atoms with E-state index in [4.69, 9.17) is 5.73 Å². The molecule has 3 rings (SSSR count). The summed E-state index contributed by atoms with van der Waals surface area (Å²) in [4.78, 5) is 13.0. The van der Waals surface area contributed by atoms with Crippen LogP contribution in [0, 0.1) is 19.8 Å². The molecule has 3 aromatic rings. The fraction of sp³-hybridized carbons (Fsp3) is 0.444. The first kappa shape index (κ1) is 19.8. The van der Waals surface area contributed by atoms with E-state index in [1.54, 1.807) is 4.52 Å². The van der Waals surface area contributed by atoms with Gasteiger partial charge in [-0.05, 0) is 37.0 Å². The Bertz CT molecular complexity index is 951. The van der Waals surface area contributed by atoms with E-state index in [0.717, 1.165) is 27.6 Å². The van der Waals surface area contributed by atoms with Gasteiger partial charge >= 0.3 is 0 Å². The van der Waals surface area contributed by atoms with Gasteiger partial charge in [-0.1, -0.05) is 55.5 Å². The maximum absolute atomic E-state index is 12.3. The first-order chi connectivity index (χ1) is 12.9. The van der Waals surface area contributed by atoms with Gasteiger partial charge in [0.1, 0.15) is 0 Å². The fourth-order valence-corrected chi connectivity index (χ4v) is 4.26. The highest BCUT2D eigenvalue weighted by Gasteiger charge is 2.22. The van der Waals surface area contributed by atoms with Gasteiger partial charge in [0.2, 0.25) is 10.9 Å². The second-order valence-electron chi connectivity index (χ2n) is 6.69. The quantitative estimate of drug-likeness (QED) is 0.584. The van der Waals surface area contributed by atoms with Crippen molar-refractivity contribution < 1.29 is 4.79 Å². The topological polar surface area (TPSA) is 98.2 Å². The first-order valence-corrected chi connectivity index (χ1v) is 10.7. The molecule has 0 fully saturated rings. The van der Waals surface area contributed by atoms with Gasteiger partial charge in [-0.15, -0.1) is 15.3 Å². The van der Waals surface area contributed by atoms with Crippen molar-refractivity contribution in [3.05, 3.63) is 35.2 Å². The van der Waals surface area contributed by atoms with Gasteiger partial charge in [0, 0.05) is 5.69 Å². The average Bonchev–Trinajstić information content (AvgIpc) is 3.22. The summed E-state index contributed by atoms with van der Waals surface area (Å²) in [5.74, 6) is 1.18. The molecule has 2 heterocycles. The summed E-state index contributed by atoms with van der Waals surface area (Å²) in [5, 5.41) is 15.8. The predicted molar refractivity (Wildman–Crippen MR) is 110 cm³/mol. The molecule has 0 unspecified atom stereocenters. The zero-order chi connectivity index (χ0) is 19.6. The normalized spacial score (nSPS) is 13.7. The highest BCUT2D eigenvalue weighted by molar-refractivity contribution is 8.01. The van der Waals surface area contributed by atoms with Gasteiger partial charge < -0.3 is 11.1 Å². The molecular weight excluding hydrogens is 380 g/mol. The van der Waals surface area contributed by atoms with Crippen molar-refractivity contribution in [2.75, 3.05) is 11.1 Å². The number of nitrogens with one attached hydrogen (secondary N) is 1. The summed E-state index contributed by atoms with van der Waals surface area (Å²) in [6.45, 7) is 8.17. The largest absolute Gasteiger partial charge is 0.325 e. The zero-order valence-corrected chi connectivity index (χ0v) is 17.5. The van der Waals surface area contributed by atoms with Crippen LogP contribution in [-0.2, 0) is 4.79 Å². The lowest BCUT2D eigenvalue weighted by atomic mass is 10.00. The summed E-state index contributed by atoms with van der Waals surface area (Å²) in [5.41, 5.74) is 9.28. The van der Waals surface area contributed by atoms with Gasteiger partial charge in [-0.25, -0.2) is 0 Å². The standard InChI is InChI=1S/C18H24N6OS2/c1-5-11(3)15(19)16-21-22-17-24(16)23-18(27-17)26-9-14(25)20-13-8-10(2)6-7-12(13)4/h6-8,11,15H,5,9,19H2,1-4H3,(H,20,25)/t11-,15-/m0/s1. The first-order valence-electron chi connectivity index (χ1n) is 8.86. The summed E-state index contributed by atoms with van der Waals surface area (Å²) in [6.07, 6.45) is 0.959. The van der Waals surface area contributed by atoms with Crippen LogP contribution >= 0.6 is 23.1 Å². The van der Waals surface area contributed by atoms with Crippen molar-refractivity contribution >= 4 is 39.7 Å². The molecule has 144 valence electrons. The molecule has 0 aliphatic heterocycles. The molecule has 0 spiro atoms. The number of fused-ring (bicyclic) bond motifs is 1. The smallest absolute Gasteiger partial charge is 0.235 e. The summed E-state index contributed by atoms with van der Waals surface area (Å²) < 4.78 is 2.47. The Balaban J connectivity index is 1.66. The van der Waals surface area contributed by atoms with Crippen LogP contribution in [0.15, 0.2) is 22.5 Å². The molecule has 0 aliphatic rings. The molecule has 1 amide bonds. The Morgan fingerprint density at radius 3 is 2.89 bits per heavy atom. The number of aromatic nitrogens is 4. The molecular formula is C18H24N6OS2. The summed E-state index contributed by atoms with van der Waals surface area (Å²) >= 11 is 2.80. The lowest BCUT2D eigenvalue weighted by Gasteiger charge is -2.15. The third kappa shape index (κ3) is 4.48. The van der Waals surface area contributed by atoms with Crippen molar-refractivity contribution in [3.8, 4) is 0 Å². The Hall–Kier alpha value is -1.97. The number of anilines is 1. The van der Waals surface area contributed by atoms with Crippen molar-refractivity contribution in [3.63, 3.8) is 0 Å². The van der Waals surface area contributed by atoms with Crippen LogP contribution in [0.3, 0.4) is 0 Å². The molecule has 0 saturated carbocycles. The number of amides is 1. The second kappa shape index (κ2) is 8.37. The summed E-state index contributed by atoms with van der Waals surface area (Å²) in [6, 6.07) is 5.80. The van der Waals surface area contributed by atoms with Crippen LogP contribution in [-0.4, -0.2) is 31.5 Å². The molecule has 7 nitrogen and oxygen atoms in total. The number of aryl methyl sites for hydroxylation is 2. The highest BCUT2D eigenvalue weighted by Crippen LogP contribution is 2.28. The van der Waals surface area contributed by atoms with Crippen molar-refractivity contribution in [1.29, 1.82) is 0 Å². The lowest BCUT2D eigenvalue weighted by molar-refractivity contribution is -0.113. The Labute approximate surface area is 166 Å². The molecule has 0 radical (unpaired) electrons. The van der Waals surface area contributed by atoms with Crippen LogP contribution < -0.4 is 11.1 Å². The van der Waals surface area contributed by atoms with E-state index >= 15 is 0 Å². The Kier molecular flexibility index (Phi) is 6.13. The van der Waals surface area contributed by atoms with Crippen molar-refractivity contribution in [1.82, 2.24) is 19.8 Å². The van der Waals surface area contributed by atoms with E-state index in [0.29, 0.717) is 16.7 Å². The Morgan fingerprint density at radius 2 is 2.15 bits per heavy atom. The average molecular weight is 405 g/mol. The predicted octanol–water partition coefficient (Wildman–Crippen LogP) is 3.58. The number of nitrogens with zero attached hydrogens (tertiary/aromatic N) is 4. The number of rotatable bonds is 7. The van der Waals surface area contributed by atoms with Crippen LogP contribution in [0.1, 0.15) is 43.3 Å². The van der Waals surface area contributed by atoms with Crippen LogP contribution in [0.2, 0.25) is 0 Å². The van der Waals surface area contributed by atoms with E-state index in [1.807, 2.05) is 32.0 Å². The number of thioether (sulfide) groups is 1. The Morgan fingerprint density at radius 1 is 1.37 bits per heavy atom. The van der Waals surface area contributed by atoms with Crippen molar-refractivity contribution in [2.45, 2.75) is 44.5 Å². The fourth-order valence-electron chi connectivity index (χ4n) is 2.57. The molecule has 2 aromatic heterocycles. The van der Waals surface area contributed by atoms with E-state index in [-0.39, 0.29) is 17.7 Å². The number of hydrogen-bond acceptors (Lipinski definition) is 7. The monoisotopic (exact) mass is 404 g/mol. The molecule has 0 aliphatic carbocycles. The minimum absolute atomic E-state index is 0.0591. The van der Waals surface area contributed by atoms with E-state index in [9.17, 15) is 4.79 Å². The molecule has 9 heteroatoms. The molecule has 0 bridgehead atoms. The van der Waals surface area contributed by atoms with E-state index in [2.05, 4.69) is 34.5 Å². The van der Waals surface area contributed by atoms with Crippen LogP contribution in [0.4, 0.5) is 5.69 Å². The zero-order valence-electron chi connectivity index (χ0n) is 15.9. The second-order valence-corrected chi connectivity index (χ2v) is 8.87. The number of carbonyl (C=O) groups excluding carboxylic acids is 1. The third-order valence-corrected chi connectivity index (χ3v) is 6.58. The third-order valence-electron chi connectivity index (χ3n) is 4.55. The highest BCUT2D eigenvalue weighted by atomic mass is 32.2. The maximum atomic E-state index is 12.3. The van der Waals surface area contributed by atoms with E-state index in [1.165, 1.54) is 23.1 Å². The summed E-state index contributed by atoms with van der Waals surface area (Å²) in [7, 11) is 0. The van der Waals surface area contributed by atoms with Crippen LogP contribution in [0.25, 0.3) is 4.96 Å². The number of benzene rings is 1. The van der Waals surface area contributed by atoms with Gasteiger partial charge in [0.15, 0.2) is 10.2 Å². The van der Waals surface area contributed by atoms with Crippen molar-refractivity contribution in [2.24, 2.45) is 11.7 Å². The van der Waals surface area contributed by atoms with Gasteiger partial charge in [0.05, 0.1) is 11.8 Å². The van der Waals surface area contributed by atoms with Gasteiger partial charge in [0.25, 0.3) is 0 Å². The minimum Gasteiger partial charge on any atom is -0.325 e. The van der Waals surface area contributed by atoms with Gasteiger partial charge in [-0.3, -0.25) is 4.79 Å². The molecule has 3 N–H and O–H groups in total. The molecule has 0 saturated heterocycles. The maximum Gasteiger partial charge on any atom is 0.235 e. The van der Waals surface area contributed by atoms with E-state index < -0.39 is 0 Å². The number of nitrogens with two attached hydrogens (primary N) is 1. The molecule has 1 aromatic carbocycles. The number of hydrogen-bond donors (Lipinski definition) is 2. The SMILES string of the molecule is CC[C@H](C)[C@H](N)c1nnc2sc(SCC(=O)Nc3cc(C)ccc3C)nn12. The molecule has 2 atom stereocenters. The van der Waals surface area contributed by atoms with Gasteiger partial charge in [-0.2, -0.15) is 4.52 Å².